The van der Waals surface area contributed by atoms with Crippen LogP contribution in [0.15, 0.2) is 48.5 Å². The Bertz CT molecular complexity index is 611. The summed E-state index contributed by atoms with van der Waals surface area (Å²) in [6.45, 7) is 1.35. The van der Waals surface area contributed by atoms with Crippen molar-refractivity contribution in [2.24, 2.45) is 0 Å². The molecule has 0 amide bonds. The predicted molar refractivity (Wildman–Crippen MR) is 86.1 cm³/mol. The van der Waals surface area contributed by atoms with Gasteiger partial charge in [-0.15, -0.1) is 0 Å². The summed E-state index contributed by atoms with van der Waals surface area (Å²) in [5.41, 5.74) is 1.87. The van der Waals surface area contributed by atoms with E-state index in [4.69, 9.17) is 37.4 Å². The number of halogens is 2. The van der Waals surface area contributed by atoms with Crippen LogP contribution in [0.4, 0.5) is 0 Å². The van der Waals surface area contributed by atoms with Gasteiger partial charge in [-0.3, -0.25) is 0 Å². The zero-order valence-corrected chi connectivity index (χ0v) is 13.4. The maximum Gasteiger partial charge on any atom is 0.184 e. The van der Waals surface area contributed by atoms with Crippen LogP contribution >= 0.6 is 23.2 Å². The predicted octanol–water partition coefficient (Wildman–Crippen LogP) is 4.62. The average molecular weight is 339 g/mol. The Morgan fingerprint density at radius 3 is 2.45 bits per heavy atom. The summed E-state index contributed by atoms with van der Waals surface area (Å²) in [5.74, 6) is 0. The minimum atomic E-state index is -0.323. The van der Waals surface area contributed by atoms with Crippen molar-refractivity contribution in [2.75, 3.05) is 13.2 Å². The van der Waals surface area contributed by atoms with E-state index < -0.39 is 0 Å². The zero-order valence-electron chi connectivity index (χ0n) is 11.9. The highest BCUT2D eigenvalue weighted by atomic mass is 35.5. The van der Waals surface area contributed by atoms with Gasteiger partial charge in [0.05, 0.1) is 19.8 Å². The lowest BCUT2D eigenvalue weighted by Crippen LogP contribution is -2.33. The molecule has 0 N–H and O–H groups in total. The SMILES string of the molecule is Clc1ccc(Cl)c(COC2COC(c3ccccc3)OC2)c1. The quantitative estimate of drug-likeness (QED) is 0.813. The third-order valence-corrected chi connectivity index (χ3v) is 4.02. The molecule has 1 aliphatic rings. The molecule has 0 aromatic heterocycles. The Hall–Kier alpha value is -1.10. The average Bonchev–Trinajstić information content (AvgIpc) is 2.57. The van der Waals surface area contributed by atoms with Crippen LogP contribution in [0.1, 0.15) is 17.4 Å². The van der Waals surface area contributed by atoms with E-state index in [1.54, 1.807) is 18.2 Å². The molecule has 116 valence electrons. The van der Waals surface area contributed by atoms with Gasteiger partial charge in [0, 0.05) is 15.6 Å². The highest BCUT2D eigenvalue weighted by molar-refractivity contribution is 6.33. The first-order valence-corrected chi connectivity index (χ1v) is 7.81. The molecule has 1 fully saturated rings. The largest absolute Gasteiger partial charge is 0.369 e. The van der Waals surface area contributed by atoms with Crippen LogP contribution in [0.25, 0.3) is 0 Å². The van der Waals surface area contributed by atoms with E-state index in [0.29, 0.717) is 29.9 Å². The Morgan fingerprint density at radius 1 is 1.00 bits per heavy atom. The van der Waals surface area contributed by atoms with Gasteiger partial charge in [0.15, 0.2) is 6.29 Å². The fraction of sp³-hybridized carbons (Fsp3) is 0.294. The van der Waals surface area contributed by atoms with Crippen molar-refractivity contribution >= 4 is 23.2 Å². The van der Waals surface area contributed by atoms with Crippen molar-refractivity contribution in [1.29, 1.82) is 0 Å². The Labute approximate surface area is 139 Å². The Morgan fingerprint density at radius 2 is 1.73 bits per heavy atom. The Balaban J connectivity index is 1.51. The monoisotopic (exact) mass is 338 g/mol. The van der Waals surface area contributed by atoms with Gasteiger partial charge < -0.3 is 14.2 Å². The second-order valence-corrected chi connectivity index (χ2v) is 5.92. The van der Waals surface area contributed by atoms with Gasteiger partial charge in [-0.05, 0) is 23.8 Å². The number of hydrogen-bond donors (Lipinski definition) is 0. The maximum atomic E-state index is 6.12. The molecule has 1 heterocycles. The van der Waals surface area contributed by atoms with Crippen molar-refractivity contribution < 1.29 is 14.2 Å². The van der Waals surface area contributed by atoms with Crippen LogP contribution < -0.4 is 0 Å². The first-order valence-electron chi connectivity index (χ1n) is 7.06. The number of benzene rings is 2. The van der Waals surface area contributed by atoms with Crippen molar-refractivity contribution in [3.05, 3.63) is 69.7 Å². The third kappa shape index (κ3) is 4.00. The molecule has 0 bridgehead atoms. The van der Waals surface area contributed by atoms with Crippen LogP contribution in [-0.2, 0) is 20.8 Å². The summed E-state index contributed by atoms with van der Waals surface area (Å²) in [4.78, 5) is 0. The van der Waals surface area contributed by atoms with E-state index in [9.17, 15) is 0 Å². The van der Waals surface area contributed by atoms with Crippen molar-refractivity contribution in [3.63, 3.8) is 0 Å². The van der Waals surface area contributed by atoms with Crippen LogP contribution in [0.5, 0.6) is 0 Å². The highest BCUT2D eigenvalue weighted by Crippen LogP contribution is 2.25. The van der Waals surface area contributed by atoms with Crippen molar-refractivity contribution in [1.82, 2.24) is 0 Å². The van der Waals surface area contributed by atoms with E-state index >= 15 is 0 Å². The molecule has 0 atom stereocenters. The summed E-state index contributed by atoms with van der Waals surface area (Å²) in [6.07, 6.45) is -0.439. The van der Waals surface area contributed by atoms with Gasteiger partial charge >= 0.3 is 0 Å². The molecular formula is C17H16Cl2O3. The molecule has 2 aromatic rings. The molecule has 1 aliphatic heterocycles. The van der Waals surface area contributed by atoms with E-state index in [0.717, 1.165) is 11.1 Å². The molecule has 0 spiro atoms. The lowest BCUT2D eigenvalue weighted by Gasteiger charge is -2.29. The minimum absolute atomic E-state index is 0.116. The molecule has 3 rings (SSSR count). The normalized spacial score (nSPS) is 21.7. The van der Waals surface area contributed by atoms with E-state index in [1.807, 2.05) is 30.3 Å². The van der Waals surface area contributed by atoms with Crippen LogP contribution in [0.3, 0.4) is 0 Å². The van der Waals surface area contributed by atoms with Gasteiger partial charge in [0.1, 0.15) is 6.10 Å². The number of rotatable bonds is 4. The van der Waals surface area contributed by atoms with E-state index in [-0.39, 0.29) is 12.4 Å². The summed E-state index contributed by atoms with van der Waals surface area (Å²) in [6, 6.07) is 15.2. The molecular weight excluding hydrogens is 323 g/mol. The fourth-order valence-electron chi connectivity index (χ4n) is 2.25. The van der Waals surface area contributed by atoms with Crippen LogP contribution in [0, 0.1) is 0 Å². The topological polar surface area (TPSA) is 27.7 Å². The van der Waals surface area contributed by atoms with Crippen molar-refractivity contribution in [3.8, 4) is 0 Å². The maximum absolute atomic E-state index is 6.12. The van der Waals surface area contributed by atoms with Gasteiger partial charge in [-0.1, -0.05) is 53.5 Å². The summed E-state index contributed by atoms with van der Waals surface area (Å²) in [7, 11) is 0. The first kappa shape index (κ1) is 15.8. The lowest BCUT2D eigenvalue weighted by molar-refractivity contribution is -0.232. The molecule has 2 aromatic carbocycles. The van der Waals surface area contributed by atoms with Gasteiger partial charge in [-0.2, -0.15) is 0 Å². The van der Waals surface area contributed by atoms with Gasteiger partial charge in [0.25, 0.3) is 0 Å². The molecule has 0 radical (unpaired) electrons. The summed E-state index contributed by atoms with van der Waals surface area (Å²) >= 11 is 12.1. The number of ether oxygens (including phenoxy) is 3. The third-order valence-electron chi connectivity index (χ3n) is 3.42. The second-order valence-electron chi connectivity index (χ2n) is 5.08. The van der Waals surface area contributed by atoms with Crippen LogP contribution in [0.2, 0.25) is 10.0 Å². The number of hydrogen-bond acceptors (Lipinski definition) is 3. The van der Waals surface area contributed by atoms with E-state index in [2.05, 4.69) is 0 Å². The zero-order chi connectivity index (χ0) is 15.4. The standard InChI is InChI=1S/C17H16Cl2O3/c18-14-6-7-16(19)13(8-14)9-20-15-10-21-17(22-11-15)12-4-2-1-3-5-12/h1-8,15,17H,9-11H2. The van der Waals surface area contributed by atoms with Gasteiger partial charge in [0.2, 0.25) is 0 Å². The molecule has 3 nitrogen and oxygen atoms in total. The molecule has 1 saturated heterocycles. The van der Waals surface area contributed by atoms with Crippen LogP contribution in [-0.4, -0.2) is 19.3 Å². The molecule has 0 aliphatic carbocycles. The lowest BCUT2D eigenvalue weighted by atomic mass is 10.2. The van der Waals surface area contributed by atoms with E-state index in [1.165, 1.54) is 0 Å². The molecule has 0 unspecified atom stereocenters. The smallest absolute Gasteiger partial charge is 0.184 e. The van der Waals surface area contributed by atoms with Gasteiger partial charge in [-0.25, -0.2) is 0 Å². The fourth-order valence-corrected chi connectivity index (χ4v) is 2.61. The van der Waals surface area contributed by atoms with Crippen molar-refractivity contribution in [2.45, 2.75) is 19.0 Å². The Kier molecular flexibility index (Phi) is 5.34. The highest BCUT2D eigenvalue weighted by Gasteiger charge is 2.24. The molecule has 0 saturated carbocycles. The minimum Gasteiger partial charge on any atom is -0.369 e. The molecule has 5 heteroatoms. The molecule has 22 heavy (non-hydrogen) atoms. The summed E-state index contributed by atoms with van der Waals surface area (Å²) in [5, 5.41) is 1.28. The summed E-state index contributed by atoms with van der Waals surface area (Å²) < 4.78 is 17.2. The first-order chi connectivity index (χ1) is 10.7. The second kappa shape index (κ2) is 7.44.